The van der Waals surface area contributed by atoms with Gasteiger partial charge in [-0.1, -0.05) is 42.8 Å². The fourth-order valence-electron chi connectivity index (χ4n) is 5.39. The van der Waals surface area contributed by atoms with Gasteiger partial charge in [0.25, 0.3) is 0 Å². The van der Waals surface area contributed by atoms with E-state index in [4.69, 9.17) is 0 Å². The van der Waals surface area contributed by atoms with Crippen molar-refractivity contribution in [2.24, 2.45) is 5.92 Å². The van der Waals surface area contributed by atoms with Crippen molar-refractivity contribution in [1.29, 1.82) is 0 Å². The monoisotopic (exact) mass is 377 g/mol. The third-order valence-corrected chi connectivity index (χ3v) is 7.05. The topological polar surface area (TPSA) is 56.7 Å². The predicted molar refractivity (Wildman–Crippen MR) is 106 cm³/mol. The van der Waals surface area contributed by atoms with Crippen LogP contribution in [0, 0.1) is 5.92 Å². The van der Waals surface area contributed by atoms with Gasteiger partial charge in [-0.2, -0.15) is 0 Å². The van der Waals surface area contributed by atoms with Crippen molar-refractivity contribution < 1.29 is 9.90 Å². The largest absolute Gasteiger partial charge is 0.395 e. The van der Waals surface area contributed by atoms with Gasteiger partial charge in [-0.3, -0.25) is 14.7 Å². The standard InChI is InChI=1S/C23H27N3O2/c27-14-20-21(18-7-2-1-3-8-18)23(26(20)13-17-6-5-11-24-12-17)15-25(16-23)22(28)19-9-4-10-19/h1-3,5-8,11-12,19-21,27H,4,9-10,13-16H2/t20-,21+/m0/s1. The SMILES string of the molecule is O=C(C1CCC1)N1CC2(C1)[C@H](c1ccccc1)[C@H](CO)N2Cc1cccnc1. The third kappa shape index (κ3) is 2.68. The number of aromatic nitrogens is 1. The maximum Gasteiger partial charge on any atom is 0.225 e. The van der Waals surface area contributed by atoms with Gasteiger partial charge in [0.2, 0.25) is 5.91 Å². The molecule has 5 heteroatoms. The average Bonchev–Trinajstić information content (AvgIpc) is 2.64. The summed E-state index contributed by atoms with van der Waals surface area (Å²) in [6.07, 6.45) is 6.95. The van der Waals surface area contributed by atoms with Crippen LogP contribution >= 0.6 is 0 Å². The van der Waals surface area contributed by atoms with Crippen LogP contribution < -0.4 is 0 Å². The lowest BCUT2D eigenvalue weighted by Gasteiger charge is -2.71. The van der Waals surface area contributed by atoms with Crippen molar-refractivity contribution in [3.05, 3.63) is 66.0 Å². The number of amides is 1. The summed E-state index contributed by atoms with van der Waals surface area (Å²) in [5.74, 6) is 0.825. The number of carbonyl (C=O) groups excluding carboxylic acids is 1. The predicted octanol–water partition coefficient (Wildman–Crippen LogP) is 2.42. The van der Waals surface area contributed by atoms with Gasteiger partial charge in [0, 0.05) is 49.9 Å². The lowest BCUT2D eigenvalue weighted by molar-refractivity contribution is -0.203. The number of hydrogen-bond acceptors (Lipinski definition) is 4. The number of likely N-dealkylation sites (tertiary alicyclic amines) is 2. The Morgan fingerprint density at radius 3 is 2.54 bits per heavy atom. The lowest BCUT2D eigenvalue weighted by atomic mass is 9.60. The first-order valence-corrected chi connectivity index (χ1v) is 10.3. The third-order valence-electron chi connectivity index (χ3n) is 7.05. The summed E-state index contributed by atoms with van der Waals surface area (Å²) < 4.78 is 0. The summed E-state index contributed by atoms with van der Waals surface area (Å²) in [5.41, 5.74) is 2.33. The van der Waals surface area contributed by atoms with Gasteiger partial charge >= 0.3 is 0 Å². The smallest absolute Gasteiger partial charge is 0.225 e. The fourth-order valence-corrected chi connectivity index (χ4v) is 5.39. The zero-order valence-corrected chi connectivity index (χ0v) is 16.1. The quantitative estimate of drug-likeness (QED) is 0.870. The first-order valence-electron chi connectivity index (χ1n) is 10.3. The van der Waals surface area contributed by atoms with Crippen molar-refractivity contribution in [2.45, 2.75) is 43.3 Å². The first-order chi connectivity index (χ1) is 13.7. The molecule has 1 N–H and O–H groups in total. The maximum absolute atomic E-state index is 12.7. The molecule has 1 aromatic carbocycles. The Morgan fingerprint density at radius 2 is 1.93 bits per heavy atom. The van der Waals surface area contributed by atoms with Gasteiger partial charge in [-0.25, -0.2) is 0 Å². The minimum atomic E-state index is -0.0794. The molecule has 1 saturated carbocycles. The van der Waals surface area contributed by atoms with Crippen LogP contribution in [0.4, 0.5) is 0 Å². The molecule has 1 aromatic heterocycles. The highest BCUT2D eigenvalue weighted by Gasteiger charge is 2.66. The van der Waals surface area contributed by atoms with E-state index in [1.807, 2.05) is 23.2 Å². The highest BCUT2D eigenvalue weighted by molar-refractivity contribution is 5.81. The van der Waals surface area contributed by atoms with E-state index in [0.717, 1.165) is 38.0 Å². The van der Waals surface area contributed by atoms with Gasteiger partial charge in [0.1, 0.15) is 0 Å². The molecular weight excluding hydrogens is 350 g/mol. The van der Waals surface area contributed by atoms with Gasteiger partial charge in [-0.05, 0) is 30.0 Å². The molecule has 3 aliphatic rings. The molecule has 0 radical (unpaired) electrons. The van der Waals surface area contributed by atoms with E-state index < -0.39 is 0 Å². The van der Waals surface area contributed by atoms with E-state index in [1.165, 1.54) is 12.0 Å². The zero-order chi connectivity index (χ0) is 19.1. The van der Waals surface area contributed by atoms with Crippen molar-refractivity contribution in [3.63, 3.8) is 0 Å². The Labute approximate surface area is 166 Å². The molecule has 2 saturated heterocycles. The molecule has 3 heterocycles. The lowest BCUT2D eigenvalue weighted by Crippen LogP contribution is -2.84. The molecule has 1 amide bonds. The molecule has 3 fully saturated rings. The van der Waals surface area contributed by atoms with Crippen LogP contribution in [0.2, 0.25) is 0 Å². The average molecular weight is 377 g/mol. The minimum absolute atomic E-state index is 0.0727. The van der Waals surface area contributed by atoms with Crippen LogP contribution in [0.1, 0.15) is 36.3 Å². The molecule has 0 unspecified atom stereocenters. The second-order valence-electron chi connectivity index (χ2n) is 8.55. The Kier molecular flexibility index (Phi) is 4.44. The van der Waals surface area contributed by atoms with Crippen LogP contribution in [0.15, 0.2) is 54.9 Å². The number of rotatable bonds is 5. The van der Waals surface area contributed by atoms with Crippen molar-refractivity contribution in [2.75, 3.05) is 19.7 Å². The van der Waals surface area contributed by atoms with E-state index in [1.54, 1.807) is 6.20 Å². The molecule has 1 spiro atoms. The molecule has 28 heavy (non-hydrogen) atoms. The minimum Gasteiger partial charge on any atom is -0.395 e. The highest BCUT2D eigenvalue weighted by Crippen LogP contribution is 2.54. The number of aliphatic hydroxyl groups is 1. The summed E-state index contributed by atoms with van der Waals surface area (Å²) in [4.78, 5) is 21.4. The van der Waals surface area contributed by atoms with E-state index >= 15 is 0 Å². The van der Waals surface area contributed by atoms with Crippen LogP contribution in [-0.4, -0.2) is 57.1 Å². The van der Waals surface area contributed by atoms with Crippen LogP contribution in [-0.2, 0) is 11.3 Å². The molecule has 2 aromatic rings. The van der Waals surface area contributed by atoms with E-state index in [0.29, 0.717) is 5.91 Å². The molecule has 2 atom stereocenters. The highest BCUT2D eigenvalue weighted by atomic mass is 16.3. The van der Waals surface area contributed by atoms with Gasteiger partial charge in [0.05, 0.1) is 12.1 Å². The number of carbonyl (C=O) groups is 1. The van der Waals surface area contributed by atoms with Gasteiger partial charge in [0.15, 0.2) is 0 Å². The molecule has 1 aliphatic carbocycles. The summed E-state index contributed by atoms with van der Waals surface area (Å²) >= 11 is 0. The molecule has 2 aliphatic heterocycles. The molecule has 5 nitrogen and oxygen atoms in total. The number of nitrogens with zero attached hydrogens (tertiary/aromatic N) is 3. The summed E-state index contributed by atoms with van der Waals surface area (Å²) in [6, 6.07) is 14.6. The van der Waals surface area contributed by atoms with E-state index in [-0.39, 0.29) is 30.0 Å². The second-order valence-corrected chi connectivity index (χ2v) is 8.55. The Bertz CT molecular complexity index is 831. The Hall–Kier alpha value is -2.24. The summed E-state index contributed by atoms with van der Waals surface area (Å²) in [6.45, 7) is 2.41. The summed E-state index contributed by atoms with van der Waals surface area (Å²) in [5, 5.41) is 10.2. The van der Waals surface area contributed by atoms with E-state index in [2.05, 4.69) is 40.2 Å². The van der Waals surface area contributed by atoms with Crippen LogP contribution in [0.3, 0.4) is 0 Å². The summed E-state index contributed by atoms with van der Waals surface area (Å²) in [7, 11) is 0. The van der Waals surface area contributed by atoms with Crippen molar-refractivity contribution in [3.8, 4) is 0 Å². The van der Waals surface area contributed by atoms with E-state index in [9.17, 15) is 9.90 Å². The van der Waals surface area contributed by atoms with Crippen molar-refractivity contribution >= 4 is 5.91 Å². The maximum atomic E-state index is 12.7. The van der Waals surface area contributed by atoms with Crippen LogP contribution in [0.5, 0.6) is 0 Å². The Morgan fingerprint density at radius 1 is 1.14 bits per heavy atom. The fraction of sp³-hybridized carbons (Fsp3) is 0.478. The van der Waals surface area contributed by atoms with Gasteiger partial charge in [-0.15, -0.1) is 0 Å². The number of pyridine rings is 1. The van der Waals surface area contributed by atoms with Gasteiger partial charge < -0.3 is 10.0 Å². The zero-order valence-electron chi connectivity index (χ0n) is 16.1. The number of benzene rings is 1. The van der Waals surface area contributed by atoms with Crippen molar-refractivity contribution in [1.82, 2.24) is 14.8 Å². The molecular formula is C23H27N3O2. The number of aliphatic hydroxyl groups excluding tert-OH is 1. The first kappa shape index (κ1) is 17.8. The Balaban J connectivity index is 1.42. The normalized spacial score (nSPS) is 26.4. The molecule has 146 valence electrons. The molecule has 5 rings (SSSR count). The second kappa shape index (κ2) is 6.98. The number of hydrogen-bond donors (Lipinski definition) is 1. The van der Waals surface area contributed by atoms with Crippen LogP contribution in [0.25, 0.3) is 0 Å². The molecule has 0 bridgehead atoms.